The highest BCUT2D eigenvalue weighted by molar-refractivity contribution is 14.1. The maximum absolute atomic E-state index is 13.8. The van der Waals surface area contributed by atoms with Crippen LogP contribution in [0.25, 0.3) is 16.6 Å². The minimum absolute atomic E-state index is 0.175. The lowest BCUT2D eigenvalue weighted by Gasteiger charge is -2.14. The number of fused-ring (bicyclic) bond motifs is 1. The second-order valence-electron chi connectivity index (χ2n) is 5.24. The van der Waals surface area contributed by atoms with Crippen molar-refractivity contribution in [2.24, 2.45) is 0 Å². The predicted molar refractivity (Wildman–Crippen MR) is 102 cm³/mol. The van der Waals surface area contributed by atoms with Crippen LogP contribution in [0.5, 0.6) is 0 Å². The summed E-state index contributed by atoms with van der Waals surface area (Å²) in [5, 5.41) is 0.425. The van der Waals surface area contributed by atoms with Gasteiger partial charge in [-0.2, -0.15) is 0 Å². The molecular weight excluding hydrogens is 474 g/mol. The lowest BCUT2D eigenvalue weighted by atomic mass is 10.2. The average molecular weight is 487 g/mol. The number of aromatic nitrogens is 2. The second-order valence-corrected chi connectivity index (χ2v) is 7.26. The molecule has 2 aromatic carbocycles. The van der Waals surface area contributed by atoms with Gasteiger partial charge in [-0.25, -0.2) is 9.37 Å². The zero-order valence-electron chi connectivity index (χ0n) is 12.5. The molecule has 0 spiro atoms. The SMILES string of the molecule is CCc1nc2cc(F)c(I)cc2c(=O)n1-c1ccc(Br)c(C)c1. The third-order valence-corrected chi connectivity index (χ3v) is 5.41. The van der Waals surface area contributed by atoms with Gasteiger partial charge in [-0.05, 0) is 59.3 Å². The van der Waals surface area contributed by atoms with E-state index >= 15 is 0 Å². The summed E-state index contributed by atoms with van der Waals surface area (Å²) in [6.45, 7) is 3.90. The molecule has 0 amide bonds. The Kier molecular flexibility index (Phi) is 4.55. The first-order chi connectivity index (χ1) is 10.9. The van der Waals surface area contributed by atoms with Crippen molar-refractivity contribution in [3.8, 4) is 5.69 Å². The van der Waals surface area contributed by atoms with Gasteiger partial charge in [0, 0.05) is 20.5 Å². The van der Waals surface area contributed by atoms with Gasteiger partial charge in [-0.15, -0.1) is 0 Å². The van der Waals surface area contributed by atoms with E-state index in [0.717, 1.165) is 15.7 Å². The Balaban J connectivity index is 2.39. The number of halogens is 3. The fourth-order valence-corrected chi connectivity index (χ4v) is 3.21. The van der Waals surface area contributed by atoms with E-state index in [1.807, 2.05) is 54.6 Å². The first-order valence-corrected chi connectivity index (χ1v) is 8.96. The van der Waals surface area contributed by atoms with Crippen LogP contribution in [0.3, 0.4) is 0 Å². The fourth-order valence-electron chi connectivity index (χ4n) is 2.50. The minimum atomic E-state index is -0.357. The summed E-state index contributed by atoms with van der Waals surface area (Å²) in [6.07, 6.45) is 0.577. The normalized spacial score (nSPS) is 11.2. The number of hydrogen-bond donors (Lipinski definition) is 0. The monoisotopic (exact) mass is 486 g/mol. The third kappa shape index (κ3) is 2.94. The van der Waals surface area contributed by atoms with Crippen molar-refractivity contribution in [1.29, 1.82) is 0 Å². The molecule has 0 saturated carbocycles. The van der Waals surface area contributed by atoms with Gasteiger partial charge in [0.05, 0.1) is 16.6 Å². The smallest absolute Gasteiger partial charge is 0.266 e. The Bertz CT molecular complexity index is 984. The van der Waals surface area contributed by atoms with E-state index in [2.05, 4.69) is 20.9 Å². The molecule has 118 valence electrons. The van der Waals surface area contributed by atoms with Gasteiger partial charge < -0.3 is 0 Å². The van der Waals surface area contributed by atoms with Crippen LogP contribution < -0.4 is 5.56 Å². The standard InChI is InChI=1S/C17H13BrFIN2O/c1-3-16-21-15-8-13(19)14(20)7-11(15)17(23)22(16)10-4-5-12(18)9(2)6-10/h4-8H,3H2,1-2H3. The summed E-state index contributed by atoms with van der Waals surface area (Å²) in [5.74, 6) is 0.258. The zero-order chi connectivity index (χ0) is 16.7. The van der Waals surface area contributed by atoms with Crippen molar-refractivity contribution in [3.05, 3.63) is 65.9 Å². The zero-order valence-corrected chi connectivity index (χ0v) is 16.3. The van der Waals surface area contributed by atoms with E-state index in [-0.39, 0.29) is 11.4 Å². The highest BCUT2D eigenvalue weighted by Gasteiger charge is 2.14. The predicted octanol–water partition coefficient (Wildman–Crippen LogP) is 4.76. The first kappa shape index (κ1) is 16.6. The fraction of sp³-hybridized carbons (Fsp3) is 0.176. The van der Waals surface area contributed by atoms with E-state index in [1.54, 1.807) is 10.6 Å². The molecule has 0 aliphatic rings. The van der Waals surface area contributed by atoms with Gasteiger partial charge in [-0.3, -0.25) is 9.36 Å². The van der Waals surface area contributed by atoms with E-state index < -0.39 is 0 Å². The van der Waals surface area contributed by atoms with Gasteiger partial charge >= 0.3 is 0 Å². The van der Waals surface area contributed by atoms with E-state index in [1.165, 1.54) is 6.07 Å². The largest absolute Gasteiger partial charge is 0.268 e. The van der Waals surface area contributed by atoms with Gasteiger partial charge in [-0.1, -0.05) is 22.9 Å². The molecule has 0 N–H and O–H groups in total. The second kappa shape index (κ2) is 6.32. The summed E-state index contributed by atoms with van der Waals surface area (Å²) in [6, 6.07) is 8.61. The minimum Gasteiger partial charge on any atom is -0.268 e. The first-order valence-electron chi connectivity index (χ1n) is 7.09. The van der Waals surface area contributed by atoms with Gasteiger partial charge in [0.25, 0.3) is 5.56 Å². The van der Waals surface area contributed by atoms with E-state index in [9.17, 15) is 9.18 Å². The van der Waals surface area contributed by atoms with Crippen LogP contribution in [0.2, 0.25) is 0 Å². The molecule has 0 bridgehead atoms. The molecule has 0 aliphatic carbocycles. The summed E-state index contributed by atoms with van der Waals surface area (Å²) in [4.78, 5) is 17.4. The molecule has 3 rings (SSSR count). The average Bonchev–Trinajstić information content (AvgIpc) is 2.52. The van der Waals surface area contributed by atoms with Crippen molar-refractivity contribution in [2.75, 3.05) is 0 Å². The molecule has 3 aromatic rings. The summed E-state index contributed by atoms with van der Waals surface area (Å²) < 4.78 is 16.8. The molecule has 23 heavy (non-hydrogen) atoms. The topological polar surface area (TPSA) is 34.9 Å². The Morgan fingerprint density at radius 1 is 1.30 bits per heavy atom. The number of nitrogens with zero attached hydrogens (tertiary/aromatic N) is 2. The van der Waals surface area contributed by atoms with Crippen molar-refractivity contribution in [2.45, 2.75) is 20.3 Å². The van der Waals surface area contributed by atoms with Crippen molar-refractivity contribution in [3.63, 3.8) is 0 Å². The van der Waals surface area contributed by atoms with E-state index in [4.69, 9.17) is 0 Å². The Morgan fingerprint density at radius 2 is 2.04 bits per heavy atom. The van der Waals surface area contributed by atoms with E-state index in [0.29, 0.717) is 26.7 Å². The molecule has 0 fully saturated rings. The van der Waals surface area contributed by atoms with Crippen LogP contribution in [-0.2, 0) is 6.42 Å². The molecule has 3 nitrogen and oxygen atoms in total. The molecule has 0 atom stereocenters. The maximum atomic E-state index is 13.8. The van der Waals surface area contributed by atoms with Gasteiger partial charge in [0.1, 0.15) is 11.6 Å². The molecule has 1 heterocycles. The van der Waals surface area contributed by atoms with Crippen LogP contribution in [0.15, 0.2) is 39.6 Å². The van der Waals surface area contributed by atoms with Crippen LogP contribution in [0.1, 0.15) is 18.3 Å². The van der Waals surface area contributed by atoms with Gasteiger partial charge in [0.2, 0.25) is 0 Å². The molecule has 1 aromatic heterocycles. The molecular formula is C17H13BrFIN2O. The number of aryl methyl sites for hydroxylation is 2. The number of rotatable bonds is 2. The Labute approximate surface area is 154 Å². The molecule has 0 unspecified atom stereocenters. The summed E-state index contributed by atoms with van der Waals surface area (Å²) in [5.41, 5.74) is 2.02. The van der Waals surface area contributed by atoms with Crippen LogP contribution >= 0.6 is 38.5 Å². The van der Waals surface area contributed by atoms with Crippen LogP contribution in [-0.4, -0.2) is 9.55 Å². The van der Waals surface area contributed by atoms with Crippen LogP contribution in [0, 0.1) is 16.3 Å². The summed E-state index contributed by atoms with van der Waals surface area (Å²) >= 11 is 5.35. The van der Waals surface area contributed by atoms with Crippen molar-refractivity contribution in [1.82, 2.24) is 9.55 Å². The molecule has 6 heteroatoms. The van der Waals surface area contributed by atoms with Crippen molar-refractivity contribution < 1.29 is 4.39 Å². The van der Waals surface area contributed by atoms with Gasteiger partial charge in [0.15, 0.2) is 0 Å². The number of hydrogen-bond acceptors (Lipinski definition) is 2. The quantitative estimate of drug-likeness (QED) is 0.489. The Hall–Kier alpha value is -1.28. The molecule has 0 aliphatic heterocycles. The highest BCUT2D eigenvalue weighted by Crippen LogP contribution is 2.22. The highest BCUT2D eigenvalue weighted by atomic mass is 127. The molecule has 0 saturated heterocycles. The lowest BCUT2D eigenvalue weighted by Crippen LogP contribution is -2.24. The molecule has 0 radical (unpaired) electrons. The Morgan fingerprint density at radius 3 is 2.70 bits per heavy atom. The lowest BCUT2D eigenvalue weighted by molar-refractivity contribution is 0.621. The van der Waals surface area contributed by atoms with Crippen LogP contribution in [0.4, 0.5) is 4.39 Å². The van der Waals surface area contributed by atoms with Crippen molar-refractivity contribution >= 4 is 49.4 Å². The third-order valence-electron chi connectivity index (χ3n) is 3.70. The number of benzene rings is 2. The maximum Gasteiger partial charge on any atom is 0.266 e. The summed E-state index contributed by atoms with van der Waals surface area (Å²) in [7, 11) is 0.